The number of benzene rings is 2. The number of sulfone groups is 1. The van der Waals surface area contributed by atoms with E-state index in [-0.39, 0.29) is 35.5 Å². The van der Waals surface area contributed by atoms with E-state index in [2.05, 4.69) is 41.5 Å². The van der Waals surface area contributed by atoms with Crippen molar-refractivity contribution in [1.82, 2.24) is 10.2 Å². The summed E-state index contributed by atoms with van der Waals surface area (Å²) in [5.41, 5.74) is 3.37. The van der Waals surface area contributed by atoms with Crippen LogP contribution in [0, 0.1) is 0 Å². The van der Waals surface area contributed by atoms with Crippen molar-refractivity contribution in [3.05, 3.63) is 71.3 Å². The summed E-state index contributed by atoms with van der Waals surface area (Å²) in [6.07, 6.45) is 1.58. The highest BCUT2D eigenvalue weighted by molar-refractivity contribution is 14.0. The van der Waals surface area contributed by atoms with E-state index in [0.717, 1.165) is 24.5 Å². The van der Waals surface area contributed by atoms with E-state index in [1.54, 1.807) is 7.05 Å². The van der Waals surface area contributed by atoms with Gasteiger partial charge in [0.2, 0.25) is 0 Å². The summed E-state index contributed by atoms with van der Waals surface area (Å²) in [7, 11) is 0.614. The van der Waals surface area contributed by atoms with Gasteiger partial charge in [-0.3, -0.25) is 4.99 Å². The molecule has 0 fully saturated rings. The van der Waals surface area contributed by atoms with Crippen LogP contribution in [-0.2, 0) is 28.6 Å². The smallest absolute Gasteiger partial charge is 0.193 e. The Labute approximate surface area is 192 Å². The van der Waals surface area contributed by atoms with Gasteiger partial charge < -0.3 is 10.2 Å². The molecular weight excluding hydrogens is 497 g/mol. The second-order valence-electron chi connectivity index (χ2n) is 6.93. The lowest BCUT2D eigenvalue weighted by atomic mass is 10.1. The summed E-state index contributed by atoms with van der Waals surface area (Å²) in [5, 5.41) is 3.26. The molecule has 1 N–H and O–H groups in total. The highest BCUT2D eigenvalue weighted by Gasteiger charge is 2.12. The molecule has 0 bridgehead atoms. The van der Waals surface area contributed by atoms with Crippen molar-refractivity contribution in [3.8, 4) is 0 Å². The Hall–Kier alpha value is -1.61. The average molecular weight is 529 g/mol. The van der Waals surface area contributed by atoms with Gasteiger partial charge in [-0.15, -0.1) is 24.0 Å². The van der Waals surface area contributed by atoms with Crippen LogP contribution >= 0.6 is 24.0 Å². The van der Waals surface area contributed by atoms with Crippen molar-refractivity contribution in [2.24, 2.45) is 4.99 Å². The highest BCUT2D eigenvalue weighted by Crippen LogP contribution is 2.08. The third-order valence-corrected chi connectivity index (χ3v) is 6.25. The molecule has 0 unspecified atom stereocenters. The second kappa shape index (κ2) is 12.8. The molecule has 0 aliphatic carbocycles. The van der Waals surface area contributed by atoms with Gasteiger partial charge >= 0.3 is 0 Å². The van der Waals surface area contributed by atoms with Gasteiger partial charge in [0.25, 0.3) is 0 Å². The molecule has 0 heterocycles. The maximum Gasteiger partial charge on any atom is 0.193 e. The van der Waals surface area contributed by atoms with E-state index in [9.17, 15) is 8.42 Å². The van der Waals surface area contributed by atoms with Crippen molar-refractivity contribution in [2.75, 3.05) is 26.4 Å². The summed E-state index contributed by atoms with van der Waals surface area (Å²) in [6.45, 7) is 3.46. The summed E-state index contributed by atoms with van der Waals surface area (Å²) in [4.78, 5) is 6.34. The van der Waals surface area contributed by atoms with Crippen LogP contribution in [-0.4, -0.2) is 45.7 Å². The molecule has 7 heteroatoms. The maximum absolute atomic E-state index is 12.3. The van der Waals surface area contributed by atoms with Crippen LogP contribution in [0.15, 0.2) is 59.6 Å². The van der Waals surface area contributed by atoms with Gasteiger partial charge in [-0.25, -0.2) is 8.42 Å². The summed E-state index contributed by atoms with van der Waals surface area (Å²) < 4.78 is 24.5. The Morgan fingerprint density at radius 1 is 1.00 bits per heavy atom. The number of nitrogens with zero attached hydrogens (tertiary/aromatic N) is 2. The molecule has 29 heavy (non-hydrogen) atoms. The topological polar surface area (TPSA) is 61.8 Å². The van der Waals surface area contributed by atoms with Gasteiger partial charge in [-0.1, -0.05) is 61.5 Å². The van der Waals surface area contributed by atoms with Crippen LogP contribution in [0.3, 0.4) is 0 Å². The third kappa shape index (κ3) is 9.16. The van der Waals surface area contributed by atoms with E-state index >= 15 is 0 Å². The molecule has 5 nitrogen and oxygen atoms in total. The first-order valence-electron chi connectivity index (χ1n) is 9.67. The Bertz CT molecular complexity index is 853. The predicted molar refractivity (Wildman–Crippen MR) is 133 cm³/mol. The van der Waals surface area contributed by atoms with Crippen molar-refractivity contribution < 1.29 is 8.42 Å². The van der Waals surface area contributed by atoms with Gasteiger partial charge in [0.1, 0.15) is 0 Å². The van der Waals surface area contributed by atoms with Crippen LogP contribution in [0.4, 0.5) is 0 Å². The van der Waals surface area contributed by atoms with Crippen molar-refractivity contribution in [2.45, 2.75) is 32.1 Å². The molecule has 160 valence electrons. The lowest BCUT2D eigenvalue weighted by Gasteiger charge is -2.22. The fourth-order valence-electron chi connectivity index (χ4n) is 3.01. The number of nitrogens with one attached hydrogen (secondary N) is 1. The number of hydrogen-bond acceptors (Lipinski definition) is 3. The number of halogens is 1. The molecule has 2 aromatic rings. The lowest BCUT2D eigenvalue weighted by Crippen LogP contribution is -2.39. The lowest BCUT2D eigenvalue weighted by molar-refractivity contribution is 0.476. The van der Waals surface area contributed by atoms with Crippen molar-refractivity contribution in [1.29, 1.82) is 0 Å². The van der Waals surface area contributed by atoms with E-state index in [1.165, 1.54) is 11.1 Å². The standard InChI is InChI=1S/C22H31N3O2S.HI/c1-4-19-11-13-20(14-12-19)17-25(3)22(23-2)24-15-8-16-28(26,27)18-21-9-6-5-7-10-21;/h5-7,9-14H,4,8,15-18H2,1-3H3,(H,23,24);1H. The molecule has 2 rings (SSSR count). The maximum atomic E-state index is 12.3. The van der Waals surface area contributed by atoms with Crippen molar-refractivity contribution >= 4 is 39.8 Å². The molecule has 0 atom stereocenters. The Kier molecular flexibility index (Phi) is 11.3. The molecule has 2 aromatic carbocycles. The van der Waals surface area contributed by atoms with Crippen LogP contribution in [0.2, 0.25) is 0 Å². The van der Waals surface area contributed by atoms with Crippen LogP contribution in [0.1, 0.15) is 30.0 Å². The van der Waals surface area contributed by atoms with Gasteiger partial charge in [0, 0.05) is 27.2 Å². The largest absolute Gasteiger partial charge is 0.356 e. The van der Waals surface area contributed by atoms with E-state index in [1.807, 2.05) is 42.3 Å². The van der Waals surface area contributed by atoms with E-state index in [4.69, 9.17) is 0 Å². The monoisotopic (exact) mass is 529 g/mol. The highest BCUT2D eigenvalue weighted by atomic mass is 127. The molecule has 0 radical (unpaired) electrons. The zero-order chi connectivity index (χ0) is 20.4. The summed E-state index contributed by atoms with van der Waals surface area (Å²) >= 11 is 0. The minimum Gasteiger partial charge on any atom is -0.356 e. The average Bonchev–Trinajstić information content (AvgIpc) is 2.69. The number of aliphatic imine (C=N–C) groups is 1. The molecule has 0 aromatic heterocycles. The predicted octanol–water partition coefficient (Wildman–Crippen LogP) is 3.88. The van der Waals surface area contributed by atoms with Gasteiger partial charge in [0.15, 0.2) is 15.8 Å². The van der Waals surface area contributed by atoms with Crippen LogP contribution in [0.25, 0.3) is 0 Å². The molecule has 0 saturated heterocycles. The molecular formula is C22H32IN3O2S. The minimum absolute atomic E-state index is 0. The fraction of sp³-hybridized carbons (Fsp3) is 0.409. The number of guanidine groups is 1. The third-order valence-electron chi connectivity index (χ3n) is 4.57. The molecule has 0 saturated carbocycles. The Morgan fingerprint density at radius 3 is 2.21 bits per heavy atom. The molecule has 0 spiro atoms. The quantitative estimate of drug-likeness (QED) is 0.232. The van der Waals surface area contributed by atoms with E-state index in [0.29, 0.717) is 13.0 Å². The second-order valence-corrected chi connectivity index (χ2v) is 9.12. The first-order chi connectivity index (χ1) is 13.4. The zero-order valence-electron chi connectivity index (χ0n) is 17.5. The fourth-order valence-corrected chi connectivity index (χ4v) is 4.44. The first kappa shape index (κ1) is 25.4. The summed E-state index contributed by atoms with van der Waals surface area (Å²) in [5.74, 6) is 1.02. The molecule has 0 aliphatic heterocycles. The van der Waals surface area contributed by atoms with Crippen molar-refractivity contribution in [3.63, 3.8) is 0 Å². The molecule has 0 amide bonds. The minimum atomic E-state index is -3.11. The van der Waals surface area contributed by atoms with Gasteiger partial charge in [-0.05, 0) is 29.5 Å². The first-order valence-corrected chi connectivity index (χ1v) is 11.5. The zero-order valence-corrected chi connectivity index (χ0v) is 20.6. The molecule has 0 aliphatic rings. The Balaban J connectivity index is 0.00000420. The normalized spacial score (nSPS) is 11.6. The number of hydrogen-bond donors (Lipinski definition) is 1. The Morgan fingerprint density at radius 2 is 1.62 bits per heavy atom. The number of aryl methyl sites for hydroxylation is 1. The van der Waals surface area contributed by atoms with Gasteiger partial charge in [0.05, 0.1) is 11.5 Å². The number of rotatable bonds is 9. The SMILES string of the molecule is CCc1ccc(CN(C)C(=NC)NCCCS(=O)(=O)Cc2ccccc2)cc1.I. The summed E-state index contributed by atoms with van der Waals surface area (Å²) in [6, 6.07) is 17.9. The van der Waals surface area contributed by atoms with Gasteiger partial charge in [-0.2, -0.15) is 0 Å². The van der Waals surface area contributed by atoms with E-state index < -0.39 is 9.84 Å². The van der Waals surface area contributed by atoms with Crippen LogP contribution < -0.4 is 5.32 Å². The van der Waals surface area contributed by atoms with Crippen LogP contribution in [0.5, 0.6) is 0 Å².